The largest absolute Gasteiger partial charge is 0.481 e. The van der Waals surface area contributed by atoms with Crippen LogP contribution in [0.2, 0.25) is 0 Å². The van der Waals surface area contributed by atoms with Crippen molar-refractivity contribution in [3.05, 3.63) is 46.5 Å². The second-order valence-electron chi connectivity index (χ2n) is 6.71. The van der Waals surface area contributed by atoms with Crippen LogP contribution in [0.15, 0.2) is 35.1 Å². The van der Waals surface area contributed by atoms with Gasteiger partial charge in [-0.25, -0.2) is 4.98 Å². The van der Waals surface area contributed by atoms with Crippen LogP contribution in [0, 0.1) is 0 Å². The SMILES string of the molecule is O=C(O)CCn1c(Oc2ccccc2)nc2nc(C3CCCC3)[nH]c2c1=O. The number of nitrogens with zero attached hydrogens (tertiary/aromatic N) is 3. The van der Waals surface area contributed by atoms with Gasteiger partial charge in [0, 0.05) is 12.5 Å². The molecule has 3 aromatic rings. The van der Waals surface area contributed by atoms with Gasteiger partial charge in [-0.05, 0) is 25.0 Å². The fourth-order valence-electron chi connectivity index (χ4n) is 3.45. The fraction of sp³-hybridized carbons (Fsp3) is 0.368. The highest BCUT2D eigenvalue weighted by Gasteiger charge is 2.23. The van der Waals surface area contributed by atoms with Crippen LogP contribution < -0.4 is 10.3 Å². The zero-order valence-electron chi connectivity index (χ0n) is 14.7. The Morgan fingerprint density at radius 2 is 1.96 bits per heavy atom. The normalized spacial score (nSPS) is 14.7. The molecule has 2 N–H and O–H groups in total. The predicted molar refractivity (Wildman–Crippen MR) is 98.1 cm³/mol. The van der Waals surface area contributed by atoms with Gasteiger partial charge in [0.2, 0.25) is 0 Å². The predicted octanol–water partition coefficient (Wildman–Crippen LogP) is 3.04. The minimum atomic E-state index is -0.996. The first-order valence-corrected chi connectivity index (χ1v) is 9.07. The Hall–Kier alpha value is -3.16. The smallest absolute Gasteiger partial charge is 0.306 e. The number of hydrogen-bond donors (Lipinski definition) is 2. The zero-order chi connectivity index (χ0) is 18.8. The summed E-state index contributed by atoms with van der Waals surface area (Å²) in [5.41, 5.74) is 0.228. The van der Waals surface area contributed by atoms with Gasteiger partial charge in [-0.3, -0.25) is 14.2 Å². The van der Waals surface area contributed by atoms with Crippen molar-refractivity contribution in [3.8, 4) is 11.8 Å². The number of imidazole rings is 1. The van der Waals surface area contributed by atoms with E-state index in [-0.39, 0.29) is 24.5 Å². The van der Waals surface area contributed by atoms with E-state index >= 15 is 0 Å². The molecule has 8 heteroatoms. The number of para-hydroxylation sites is 1. The molecule has 0 atom stereocenters. The third kappa shape index (κ3) is 3.55. The molecule has 27 heavy (non-hydrogen) atoms. The van der Waals surface area contributed by atoms with Crippen LogP contribution in [-0.2, 0) is 11.3 Å². The maximum Gasteiger partial charge on any atom is 0.306 e. The summed E-state index contributed by atoms with van der Waals surface area (Å²) in [5.74, 6) is 0.599. The van der Waals surface area contributed by atoms with Gasteiger partial charge < -0.3 is 14.8 Å². The average Bonchev–Trinajstić information content (AvgIpc) is 3.31. The second kappa shape index (κ2) is 7.22. The highest BCUT2D eigenvalue weighted by atomic mass is 16.5. The van der Waals surface area contributed by atoms with Crippen LogP contribution in [0.3, 0.4) is 0 Å². The molecule has 0 saturated heterocycles. The Bertz CT molecular complexity index is 1020. The summed E-state index contributed by atoms with van der Waals surface area (Å²) >= 11 is 0. The van der Waals surface area contributed by atoms with Crippen molar-refractivity contribution in [2.24, 2.45) is 0 Å². The lowest BCUT2D eigenvalue weighted by Gasteiger charge is -2.11. The van der Waals surface area contributed by atoms with Crippen molar-refractivity contribution in [1.82, 2.24) is 19.5 Å². The third-order valence-electron chi connectivity index (χ3n) is 4.84. The molecule has 1 saturated carbocycles. The van der Waals surface area contributed by atoms with Gasteiger partial charge in [-0.15, -0.1) is 0 Å². The number of aromatic nitrogens is 4. The maximum atomic E-state index is 13.0. The average molecular weight is 368 g/mol. The summed E-state index contributed by atoms with van der Waals surface area (Å²) in [6.07, 6.45) is 4.18. The Kier molecular flexibility index (Phi) is 4.62. The van der Waals surface area contributed by atoms with Gasteiger partial charge in [0.25, 0.3) is 5.56 Å². The van der Waals surface area contributed by atoms with Gasteiger partial charge in [-0.1, -0.05) is 31.0 Å². The lowest BCUT2D eigenvalue weighted by Crippen LogP contribution is -2.24. The molecule has 0 bridgehead atoms. The Labute approximate surface area is 154 Å². The number of ether oxygens (including phenoxy) is 1. The Morgan fingerprint density at radius 1 is 1.22 bits per heavy atom. The third-order valence-corrected chi connectivity index (χ3v) is 4.84. The summed E-state index contributed by atoms with van der Waals surface area (Å²) in [6.45, 7) is -0.0307. The highest BCUT2D eigenvalue weighted by molar-refractivity contribution is 5.70. The van der Waals surface area contributed by atoms with Crippen LogP contribution in [0.1, 0.15) is 43.8 Å². The molecule has 8 nitrogen and oxygen atoms in total. The van der Waals surface area contributed by atoms with Crippen LogP contribution in [0.25, 0.3) is 11.2 Å². The first-order chi connectivity index (χ1) is 13.1. The molecular weight excluding hydrogens is 348 g/mol. The number of nitrogens with one attached hydrogen (secondary N) is 1. The number of aromatic amines is 1. The van der Waals surface area contributed by atoms with E-state index < -0.39 is 5.97 Å². The molecule has 0 unspecified atom stereocenters. The van der Waals surface area contributed by atoms with Crippen molar-refractivity contribution in [1.29, 1.82) is 0 Å². The molecular formula is C19H20N4O4. The number of carbonyl (C=O) groups is 1. The van der Waals surface area contributed by atoms with Gasteiger partial charge in [-0.2, -0.15) is 4.98 Å². The molecule has 0 amide bonds. The maximum absolute atomic E-state index is 13.0. The first kappa shape index (κ1) is 17.3. The van der Waals surface area contributed by atoms with E-state index in [0.29, 0.717) is 22.8 Å². The van der Waals surface area contributed by atoms with E-state index in [1.165, 1.54) is 4.57 Å². The van der Waals surface area contributed by atoms with E-state index in [4.69, 9.17) is 9.84 Å². The molecule has 1 aliphatic carbocycles. The number of aliphatic carboxylic acids is 1. The molecule has 2 heterocycles. The van der Waals surface area contributed by atoms with Crippen molar-refractivity contribution >= 4 is 17.1 Å². The minimum absolute atomic E-state index is 0.0307. The topological polar surface area (TPSA) is 110 Å². The van der Waals surface area contributed by atoms with Gasteiger partial charge in [0.05, 0.1) is 6.42 Å². The standard InChI is InChI=1S/C19H20N4O4/c24-14(25)10-11-23-18(26)15-17(21-16(20-15)12-6-4-5-7-12)22-19(23)27-13-8-2-1-3-9-13/h1-3,8-9,12H,4-7,10-11H2,(H,20,21)(H,24,25). The summed E-state index contributed by atoms with van der Waals surface area (Å²) in [6, 6.07) is 8.99. The van der Waals surface area contributed by atoms with Gasteiger partial charge in [0.1, 0.15) is 11.6 Å². The first-order valence-electron chi connectivity index (χ1n) is 9.07. The summed E-state index contributed by atoms with van der Waals surface area (Å²) in [5, 5.41) is 9.01. The number of carboxylic acids is 1. The quantitative estimate of drug-likeness (QED) is 0.692. The molecule has 140 valence electrons. The van der Waals surface area contributed by atoms with Crippen LogP contribution in [0.5, 0.6) is 11.8 Å². The van der Waals surface area contributed by atoms with E-state index in [1.54, 1.807) is 24.3 Å². The minimum Gasteiger partial charge on any atom is -0.481 e. The molecule has 2 aromatic heterocycles. The van der Waals surface area contributed by atoms with Crippen molar-refractivity contribution in [2.75, 3.05) is 0 Å². The number of H-pyrrole nitrogens is 1. The molecule has 1 aromatic carbocycles. The van der Waals surface area contributed by atoms with Crippen molar-refractivity contribution in [3.63, 3.8) is 0 Å². The van der Waals surface area contributed by atoms with E-state index in [0.717, 1.165) is 31.5 Å². The van der Waals surface area contributed by atoms with Crippen LogP contribution in [-0.4, -0.2) is 30.6 Å². The fourth-order valence-corrected chi connectivity index (χ4v) is 3.45. The van der Waals surface area contributed by atoms with Crippen LogP contribution in [0.4, 0.5) is 0 Å². The van der Waals surface area contributed by atoms with Crippen molar-refractivity contribution in [2.45, 2.75) is 44.6 Å². The lowest BCUT2D eigenvalue weighted by molar-refractivity contribution is -0.137. The molecule has 1 fully saturated rings. The molecule has 4 rings (SSSR count). The summed E-state index contributed by atoms with van der Waals surface area (Å²) in [4.78, 5) is 36.0. The second-order valence-corrected chi connectivity index (χ2v) is 6.71. The highest BCUT2D eigenvalue weighted by Crippen LogP contribution is 2.33. The number of benzene rings is 1. The molecule has 0 spiro atoms. The van der Waals surface area contributed by atoms with Crippen LogP contribution >= 0.6 is 0 Å². The Morgan fingerprint density at radius 3 is 2.67 bits per heavy atom. The zero-order valence-corrected chi connectivity index (χ0v) is 14.7. The summed E-state index contributed by atoms with van der Waals surface area (Å²) < 4.78 is 7.02. The van der Waals surface area contributed by atoms with Crippen molar-refractivity contribution < 1.29 is 14.6 Å². The van der Waals surface area contributed by atoms with Gasteiger partial charge >= 0.3 is 12.0 Å². The number of carboxylic acid groups (broad SMARTS) is 1. The number of hydrogen-bond acceptors (Lipinski definition) is 5. The summed E-state index contributed by atoms with van der Waals surface area (Å²) in [7, 11) is 0. The van der Waals surface area contributed by atoms with E-state index in [1.807, 2.05) is 6.07 Å². The number of fused-ring (bicyclic) bond motifs is 1. The van der Waals surface area contributed by atoms with Gasteiger partial charge in [0.15, 0.2) is 11.2 Å². The molecule has 0 radical (unpaired) electrons. The number of rotatable bonds is 6. The van der Waals surface area contributed by atoms with E-state index in [9.17, 15) is 9.59 Å². The van der Waals surface area contributed by atoms with E-state index in [2.05, 4.69) is 15.0 Å². The lowest BCUT2D eigenvalue weighted by atomic mass is 10.1. The molecule has 0 aliphatic heterocycles. The monoisotopic (exact) mass is 368 g/mol. The Balaban J connectivity index is 1.78. The molecule has 1 aliphatic rings.